The second-order valence-electron chi connectivity index (χ2n) is 8.16. The number of halogens is 2. The Bertz CT molecular complexity index is 611. The Balaban J connectivity index is 0.00000280. The summed E-state index contributed by atoms with van der Waals surface area (Å²) < 4.78 is 18.8. The highest BCUT2D eigenvalue weighted by atomic mass is 127. The molecule has 1 aromatic rings. The van der Waals surface area contributed by atoms with Crippen molar-refractivity contribution in [3.63, 3.8) is 0 Å². The molecule has 6 heteroatoms. The van der Waals surface area contributed by atoms with E-state index in [0.717, 1.165) is 51.0 Å². The topological polar surface area (TPSA) is 36.9 Å². The van der Waals surface area contributed by atoms with Crippen LogP contribution in [0, 0.1) is 11.7 Å². The van der Waals surface area contributed by atoms with Gasteiger partial charge in [0.25, 0.3) is 0 Å². The van der Waals surface area contributed by atoms with Crippen molar-refractivity contribution >= 4 is 29.9 Å². The first-order valence-corrected chi connectivity index (χ1v) is 10.4. The molecule has 1 aromatic carbocycles. The fraction of sp³-hybridized carbons (Fsp3) is 0.682. The van der Waals surface area contributed by atoms with Crippen molar-refractivity contribution in [2.75, 3.05) is 40.4 Å². The van der Waals surface area contributed by atoms with E-state index < -0.39 is 0 Å². The summed E-state index contributed by atoms with van der Waals surface area (Å²) in [4.78, 5) is 6.74. The summed E-state index contributed by atoms with van der Waals surface area (Å²) in [6.07, 6.45) is 8.29. The number of hydrogen-bond acceptors (Lipinski definition) is 2. The van der Waals surface area contributed by atoms with Crippen LogP contribution < -0.4 is 5.32 Å². The SMILES string of the molecule is CN=C(NCC1(c2ccc(F)cc2)CCCC1)N(C)CCC1CCOCC1.I. The van der Waals surface area contributed by atoms with Crippen LogP contribution in [0.25, 0.3) is 0 Å². The zero-order valence-electron chi connectivity index (χ0n) is 17.3. The zero-order chi connectivity index (χ0) is 19.1. The van der Waals surface area contributed by atoms with Crippen molar-refractivity contribution < 1.29 is 9.13 Å². The third-order valence-corrected chi connectivity index (χ3v) is 6.39. The minimum Gasteiger partial charge on any atom is -0.381 e. The van der Waals surface area contributed by atoms with Crippen LogP contribution in [0.5, 0.6) is 0 Å². The smallest absolute Gasteiger partial charge is 0.193 e. The van der Waals surface area contributed by atoms with Gasteiger partial charge in [-0.1, -0.05) is 25.0 Å². The Kier molecular flexibility index (Phi) is 9.47. The highest BCUT2D eigenvalue weighted by Gasteiger charge is 2.35. The lowest BCUT2D eigenvalue weighted by atomic mass is 9.79. The number of nitrogens with one attached hydrogen (secondary N) is 1. The normalized spacial score (nSPS) is 19.9. The van der Waals surface area contributed by atoms with Crippen molar-refractivity contribution in [2.45, 2.75) is 50.4 Å². The Hall–Kier alpha value is -0.890. The van der Waals surface area contributed by atoms with E-state index in [4.69, 9.17) is 4.74 Å². The number of benzene rings is 1. The van der Waals surface area contributed by atoms with Crippen molar-refractivity contribution in [2.24, 2.45) is 10.9 Å². The number of nitrogens with zero attached hydrogens (tertiary/aromatic N) is 2. The summed E-state index contributed by atoms with van der Waals surface area (Å²) in [5.74, 6) is 1.55. The van der Waals surface area contributed by atoms with Gasteiger partial charge >= 0.3 is 0 Å². The van der Waals surface area contributed by atoms with Crippen LogP contribution in [0.15, 0.2) is 29.3 Å². The maximum Gasteiger partial charge on any atom is 0.193 e. The molecule has 0 bridgehead atoms. The minimum atomic E-state index is -0.163. The van der Waals surface area contributed by atoms with E-state index in [1.807, 2.05) is 19.2 Å². The van der Waals surface area contributed by atoms with E-state index in [9.17, 15) is 4.39 Å². The van der Waals surface area contributed by atoms with E-state index in [1.54, 1.807) is 12.1 Å². The minimum absolute atomic E-state index is 0. The van der Waals surface area contributed by atoms with E-state index in [0.29, 0.717) is 0 Å². The molecule has 1 saturated heterocycles. The van der Waals surface area contributed by atoms with Crippen LogP contribution in [0.1, 0.15) is 50.5 Å². The second-order valence-corrected chi connectivity index (χ2v) is 8.16. The zero-order valence-corrected chi connectivity index (χ0v) is 19.6. The fourth-order valence-electron chi connectivity index (χ4n) is 4.57. The van der Waals surface area contributed by atoms with Gasteiger partial charge in [-0.05, 0) is 55.7 Å². The van der Waals surface area contributed by atoms with Crippen LogP contribution in [-0.4, -0.2) is 51.3 Å². The number of ether oxygens (including phenoxy) is 1. The summed E-state index contributed by atoms with van der Waals surface area (Å²) in [6, 6.07) is 7.09. The Labute approximate surface area is 186 Å². The summed E-state index contributed by atoms with van der Waals surface area (Å²) in [5, 5.41) is 3.61. The quantitative estimate of drug-likeness (QED) is 0.351. The molecule has 0 aromatic heterocycles. The van der Waals surface area contributed by atoms with E-state index in [2.05, 4.69) is 22.3 Å². The first-order valence-electron chi connectivity index (χ1n) is 10.4. The van der Waals surface area contributed by atoms with Gasteiger partial charge in [0, 0.05) is 45.8 Å². The summed E-state index contributed by atoms with van der Waals surface area (Å²) in [6.45, 7) is 3.67. The Morgan fingerprint density at radius 1 is 1.21 bits per heavy atom. The van der Waals surface area contributed by atoms with E-state index >= 15 is 0 Å². The lowest BCUT2D eigenvalue weighted by molar-refractivity contribution is 0.0625. The number of rotatable bonds is 6. The first kappa shape index (κ1) is 23.4. The molecule has 4 nitrogen and oxygen atoms in total. The maximum atomic E-state index is 13.4. The van der Waals surface area contributed by atoms with Crippen LogP contribution in [0.4, 0.5) is 4.39 Å². The number of guanidine groups is 1. The largest absolute Gasteiger partial charge is 0.381 e. The van der Waals surface area contributed by atoms with Crippen LogP contribution in [0.2, 0.25) is 0 Å². The van der Waals surface area contributed by atoms with Crippen molar-refractivity contribution in [3.05, 3.63) is 35.6 Å². The van der Waals surface area contributed by atoms with E-state index in [1.165, 1.54) is 37.7 Å². The van der Waals surface area contributed by atoms with Gasteiger partial charge in [0.05, 0.1) is 0 Å². The molecule has 158 valence electrons. The molecule has 2 aliphatic rings. The maximum absolute atomic E-state index is 13.4. The predicted octanol–water partition coefficient (Wildman–Crippen LogP) is 4.58. The monoisotopic (exact) mass is 503 g/mol. The third-order valence-electron chi connectivity index (χ3n) is 6.39. The molecular weight excluding hydrogens is 468 g/mol. The average Bonchev–Trinajstić information content (AvgIpc) is 3.18. The highest BCUT2D eigenvalue weighted by molar-refractivity contribution is 14.0. The standard InChI is InChI=1S/C22H34FN3O.HI/c1-24-21(26(2)14-9-18-10-15-27-16-11-18)25-17-22(12-3-4-13-22)19-5-7-20(23)8-6-19;/h5-8,18H,3-4,9-17H2,1-2H3,(H,24,25);1H. The van der Waals surface area contributed by atoms with Crippen LogP contribution >= 0.6 is 24.0 Å². The molecule has 1 N–H and O–H groups in total. The predicted molar refractivity (Wildman–Crippen MR) is 124 cm³/mol. The average molecular weight is 503 g/mol. The summed E-state index contributed by atoms with van der Waals surface area (Å²) in [5.41, 5.74) is 1.33. The van der Waals surface area contributed by atoms with Gasteiger partial charge in [0.15, 0.2) is 5.96 Å². The van der Waals surface area contributed by atoms with Crippen molar-refractivity contribution in [3.8, 4) is 0 Å². The van der Waals surface area contributed by atoms with Crippen LogP contribution in [0.3, 0.4) is 0 Å². The molecule has 0 amide bonds. The van der Waals surface area contributed by atoms with Crippen molar-refractivity contribution in [1.82, 2.24) is 10.2 Å². The number of aliphatic imine (C=N–C) groups is 1. The molecular formula is C22H35FIN3O. The second kappa shape index (κ2) is 11.3. The highest BCUT2D eigenvalue weighted by Crippen LogP contribution is 2.40. The molecule has 1 aliphatic carbocycles. The lowest BCUT2D eigenvalue weighted by Crippen LogP contribution is -2.46. The van der Waals surface area contributed by atoms with Gasteiger partial charge in [-0.2, -0.15) is 0 Å². The van der Waals surface area contributed by atoms with E-state index in [-0.39, 0.29) is 35.2 Å². The molecule has 0 atom stereocenters. The van der Waals surface area contributed by atoms with Gasteiger partial charge in [-0.15, -0.1) is 24.0 Å². The van der Waals surface area contributed by atoms with Gasteiger partial charge in [-0.3, -0.25) is 4.99 Å². The van der Waals surface area contributed by atoms with Gasteiger partial charge in [0.1, 0.15) is 5.82 Å². The molecule has 28 heavy (non-hydrogen) atoms. The van der Waals surface area contributed by atoms with Gasteiger partial charge < -0.3 is 15.0 Å². The van der Waals surface area contributed by atoms with Gasteiger partial charge in [-0.25, -0.2) is 4.39 Å². The lowest BCUT2D eigenvalue weighted by Gasteiger charge is -2.33. The molecule has 1 aliphatic heterocycles. The Morgan fingerprint density at radius 2 is 1.86 bits per heavy atom. The number of hydrogen-bond donors (Lipinski definition) is 1. The summed E-state index contributed by atoms with van der Waals surface area (Å²) in [7, 11) is 3.97. The fourth-order valence-corrected chi connectivity index (χ4v) is 4.57. The molecule has 0 unspecified atom stereocenters. The third kappa shape index (κ3) is 6.05. The molecule has 3 rings (SSSR count). The molecule has 1 heterocycles. The first-order chi connectivity index (χ1) is 13.1. The van der Waals surface area contributed by atoms with Crippen molar-refractivity contribution in [1.29, 1.82) is 0 Å². The van der Waals surface area contributed by atoms with Gasteiger partial charge in [0.2, 0.25) is 0 Å². The Morgan fingerprint density at radius 3 is 2.46 bits per heavy atom. The summed E-state index contributed by atoms with van der Waals surface area (Å²) >= 11 is 0. The van der Waals surface area contributed by atoms with Crippen LogP contribution in [-0.2, 0) is 10.2 Å². The molecule has 1 saturated carbocycles. The molecule has 2 fully saturated rings. The molecule has 0 spiro atoms. The molecule has 0 radical (unpaired) electrons.